The van der Waals surface area contributed by atoms with Crippen molar-refractivity contribution in [2.75, 3.05) is 6.26 Å². The zero-order valence-corrected chi connectivity index (χ0v) is 11.5. The molecule has 1 aromatic rings. The van der Waals surface area contributed by atoms with E-state index in [1.165, 1.54) is 6.92 Å². The Labute approximate surface area is 102 Å². The molecular weight excluding hydrogens is 240 g/mol. The minimum Gasteiger partial charge on any atom is -0.391 e. The third-order valence-electron chi connectivity index (χ3n) is 2.92. The summed E-state index contributed by atoms with van der Waals surface area (Å²) in [5.41, 5.74) is 1.74. The molecule has 0 radical (unpaired) electrons. The highest BCUT2D eigenvalue weighted by molar-refractivity contribution is 7.91. The third-order valence-corrected chi connectivity index (χ3v) is 4.59. The molecule has 1 rings (SSSR count). The van der Waals surface area contributed by atoms with Crippen LogP contribution in [0.25, 0.3) is 0 Å². The molecule has 0 amide bonds. The van der Waals surface area contributed by atoms with Crippen molar-refractivity contribution in [2.45, 2.75) is 45.1 Å². The topological polar surface area (TPSA) is 72.2 Å². The second-order valence-corrected chi connectivity index (χ2v) is 6.80. The van der Waals surface area contributed by atoms with Gasteiger partial charge in [0.2, 0.25) is 0 Å². The van der Waals surface area contributed by atoms with Gasteiger partial charge in [0.05, 0.1) is 17.0 Å². The number of hydrogen-bond donors (Lipinski definition) is 1. The highest BCUT2D eigenvalue weighted by atomic mass is 32.2. The molecule has 0 spiro atoms. The minimum absolute atomic E-state index is 0.308. The van der Waals surface area contributed by atoms with Gasteiger partial charge in [-0.15, -0.1) is 0 Å². The molecule has 0 aliphatic carbocycles. The molecule has 1 aromatic heterocycles. The van der Waals surface area contributed by atoms with E-state index in [1.54, 1.807) is 4.68 Å². The zero-order chi connectivity index (χ0) is 13.2. The van der Waals surface area contributed by atoms with E-state index >= 15 is 0 Å². The van der Waals surface area contributed by atoms with Crippen molar-refractivity contribution in [1.29, 1.82) is 0 Å². The van der Waals surface area contributed by atoms with E-state index in [2.05, 4.69) is 5.10 Å². The summed E-state index contributed by atoms with van der Waals surface area (Å²) in [6, 6.07) is 1.88. The second-order valence-electron chi connectivity index (χ2n) is 4.40. The molecule has 17 heavy (non-hydrogen) atoms. The molecule has 0 fully saturated rings. The van der Waals surface area contributed by atoms with Crippen molar-refractivity contribution in [3.05, 3.63) is 17.5 Å². The molecule has 98 valence electrons. The van der Waals surface area contributed by atoms with Crippen LogP contribution in [0.3, 0.4) is 0 Å². The van der Waals surface area contributed by atoms with Crippen LogP contribution >= 0.6 is 0 Å². The molecule has 0 aliphatic rings. The Hall–Kier alpha value is -0.880. The van der Waals surface area contributed by atoms with Crippen LogP contribution < -0.4 is 0 Å². The molecule has 1 N–H and O–H groups in total. The average molecular weight is 260 g/mol. The van der Waals surface area contributed by atoms with Gasteiger partial charge in [0.15, 0.2) is 9.84 Å². The molecule has 1 heterocycles. The summed E-state index contributed by atoms with van der Waals surface area (Å²) < 4.78 is 24.5. The summed E-state index contributed by atoms with van der Waals surface area (Å²) in [5.74, 6) is 0. The Bertz CT molecular complexity index is 479. The highest BCUT2D eigenvalue weighted by Crippen LogP contribution is 2.12. The Morgan fingerprint density at radius 3 is 2.59 bits per heavy atom. The SMILES string of the molecule is CCn1nc(C)cc1CC(O)C(C)S(C)(=O)=O. The lowest BCUT2D eigenvalue weighted by molar-refractivity contribution is 0.170. The number of aromatic nitrogens is 2. The Morgan fingerprint density at radius 1 is 1.53 bits per heavy atom. The zero-order valence-electron chi connectivity index (χ0n) is 10.7. The van der Waals surface area contributed by atoms with E-state index in [0.717, 1.165) is 17.6 Å². The van der Waals surface area contributed by atoms with Gasteiger partial charge in [-0.3, -0.25) is 4.68 Å². The van der Waals surface area contributed by atoms with Gasteiger partial charge in [-0.25, -0.2) is 8.42 Å². The summed E-state index contributed by atoms with van der Waals surface area (Å²) in [4.78, 5) is 0. The number of rotatable bonds is 5. The molecule has 2 unspecified atom stereocenters. The first-order valence-electron chi connectivity index (χ1n) is 5.66. The predicted octanol–water partition coefficient (Wildman–Crippen LogP) is 0.548. The largest absolute Gasteiger partial charge is 0.391 e. The van der Waals surface area contributed by atoms with Crippen LogP contribution in [-0.4, -0.2) is 40.9 Å². The maximum Gasteiger partial charge on any atom is 0.152 e. The first kappa shape index (κ1) is 14.2. The van der Waals surface area contributed by atoms with Crippen LogP contribution in [0.4, 0.5) is 0 Å². The fourth-order valence-electron chi connectivity index (χ4n) is 1.70. The molecule has 0 saturated carbocycles. The fourth-order valence-corrected chi connectivity index (χ4v) is 2.37. The van der Waals surface area contributed by atoms with Gasteiger partial charge in [0, 0.05) is 24.9 Å². The van der Waals surface area contributed by atoms with Gasteiger partial charge in [-0.2, -0.15) is 5.10 Å². The number of sulfone groups is 1. The smallest absolute Gasteiger partial charge is 0.152 e. The quantitative estimate of drug-likeness (QED) is 0.839. The van der Waals surface area contributed by atoms with Gasteiger partial charge in [0.1, 0.15) is 0 Å². The van der Waals surface area contributed by atoms with Crippen LogP contribution in [-0.2, 0) is 22.8 Å². The van der Waals surface area contributed by atoms with Crippen molar-refractivity contribution >= 4 is 9.84 Å². The van der Waals surface area contributed by atoms with Crippen molar-refractivity contribution in [3.8, 4) is 0 Å². The van der Waals surface area contributed by atoms with E-state index in [4.69, 9.17) is 0 Å². The van der Waals surface area contributed by atoms with Crippen LogP contribution in [0.5, 0.6) is 0 Å². The van der Waals surface area contributed by atoms with E-state index < -0.39 is 21.2 Å². The van der Waals surface area contributed by atoms with Gasteiger partial charge >= 0.3 is 0 Å². The molecule has 6 heteroatoms. The lowest BCUT2D eigenvalue weighted by Crippen LogP contribution is -2.32. The van der Waals surface area contributed by atoms with Crippen LogP contribution in [0, 0.1) is 6.92 Å². The number of nitrogens with zero attached hydrogens (tertiary/aromatic N) is 2. The average Bonchev–Trinajstić information content (AvgIpc) is 2.56. The minimum atomic E-state index is -3.21. The number of aliphatic hydroxyl groups excluding tert-OH is 1. The monoisotopic (exact) mass is 260 g/mol. The summed E-state index contributed by atoms with van der Waals surface area (Å²) in [6.07, 6.45) is 0.554. The van der Waals surface area contributed by atoms with Crippen molar-refractivity contribution in [2.24, 2.45) is 0 Å². The van der Waals surface area contributed by atoms with Gasteiger partial charge in [0.25, 0.3) is 0 Å². The van der Waals surface area contributed by atoms with E-state index in [1.807, 2.05) is 19.9 Å². The van der Waals surface area contributed by atoms with Crippen molar-refractivity contribution in [1.82, 2.24) is 9.78 Å². The van der Waals surface area contributed by atoms with E-state index in [0.29, 0.717) is 13.0 Å². The number of hydrogen-bond acceptors (Lipinski definition) is 4. The Morgan fingerprint density at radius 2 is 2.12 bits per heavy atom. The Balaban J connectivity index is 2.84. The van der Waals surface area contributed by atoms with Gasteiger partial charge in [-0.1, -0.05) is 0 Å². The van der Waals surface area contributed by atoms with E-state index in [9.17, 15) is 13.5 Å². The standard InChI is InChI=1S/C11H20N2O3S/c1-5-13-10(6-8(2)12-13)7-11(14)9(3)17(4,15)16/h6,9,11,14H,5,7H2,1-4H3. The molecule has 5 nitrogen and oxygen atoms in total. The first-order chi connectivity index (χ1) is 7.75. The summed E-state index contributed by atoms with van der Waals surface area (Å²) in [7, 11) is -3.21. The molecule has 0 aliphatic heterocycles. The first-order valence-corrected chi connectivity index (χ1v) is 7.61. The molecule has 0 saturated heterocycles. The van der Waals surface area contributed by atoms with Gasteiger partial charge < -0.3 is 5.11 Å². The predicted molar refractivity (Wildman–Crippen MR) is 66.7 cm³/mol. The third kappa shape index (κ3) is 3.54. The lowest BCUT2D eigenvalue weighted by Gasteiger charge is -2.17. The summed E-state index contributed by atoms with van der Waals surface area (Å²) in [5, 5.41) is 13.4. The van der Waals surface area contributed by atoms with Crippen LogP contribution in [0.2, 0.25) is 0 Å². The normalized spacial score (nSPS) is 15.8. The second kappa shape index (κ2) is 5.18. The summed E-state index contributed by atoms with van der Waals surface area (Å²) in [6.45, 7) is 6.08. The highest BCUT2D eigenvalue weighted by Gasteiger charge is 2.25. The van der Waals surface area contributed by atoms with Gasteiger partial charge in [-0.05, 0) is 26.8 Å². The maximum absolute atomic E-state index is 11.3. The van der Waals surface area contributed by atoms with Crippen molar-refractivity contribution in [3.63, 3.8) is 0 Å². The molecule has 2 atom stereocenters. The Kier molecular flexibility index (Phi) is 4.32. The lowest BCUT2D eigenvalue weighted by atomic mass is 10.1. The molecule has 0 bridgehead atoms. The molecular formula is C11H20N2O3S. The molecule has 0 aromatic carbocycles. The van der Waals surface area contributed by atoms with Crippen LogP contribution in [0.1, 0.15) is 25.2 Å². The van der Waals surface area contributed by atoms with E-state index in [-0.39, 0.29) is 0 Å². The number of aliphatic hydroxyl groups is 1. The maximum atomic E-state index is 11.3. The fraction of sp³-hybridized carbons (Fsp3) is 0.727. The van der Waals surface area contributed by atoms with Crippen molar-refractivity contribution < 1.29 is 13.5 Å². The summed E-state index contributed by atoms with van der Waals surface area (Å²) >= 11 is 0. The number of aryl methyl sites for hydroxylation is 2. The van der Waals surface area contributed by atoms with Crippen LogP contribution in [0.15, 0.2) is 6.07 Å².